The number of aliphatic hydroxyl groups excluding tert-OH is 1. The highest BCUT2D eigenvalue weighted by Crippen LogP contribution is 2.24. The van der Waals surface area contributed by atoms with Crippen LogP contribution >= 0.6 is 0 Å². The van der Waals surface area contributed by atoms with Gasteiger partial charge < -0.3 is 10.4 Å². The summed E-state index contributed by atoms with van der Waals surface area (Å²) < 4.78 is 0. The molecule has 0 radical (unpaired) electrons. The average molecular weight is 296 g/mol. The minimum Gasteiger partial charge on any atom is -0.392 e. The molecule has 3 rings (SSSR count). The molecule has 1 saturated carbocycles. The van der Waals surface area contributed by atoms with Crippen LogP contribution in [0.4, 0.5) is 0 Å². The van der Waals surface area contributed by atoms with Crippen LogP contribution < -0.4 is 5.32 Å². The number of aromatic nitrogens is 1. The van der Waals surface area contributed by atoms with E-state index in [4.69, 9.17) is 0 Å². The lowest BCUT2D eigenvalue weighted by molar-refractivity contribution is 0.0860. The largest absolute Gasteiger partial charge is 0.392 e. The van der Waals surface area contributed by atoms with Crippen molar-refractivity contribution in [1.82, 2.24) is 10.3 Å². The summed E-state index contributed by atoms with van der Waals surface area (Å²) in [5, 5.41) is 13.7. The minimum absolute atomic E-state index is 0.202. The van der Waals surface area contributed by atoms with Gasteiger partial charge in [0.15, 0.2) is 0 Å². The predicted octanol–water partition coefficient (Wildman–Crippen LogP) is 3.70. The molecule has 1 aliphatic rings. The Labute approximate surface area is 132 Å². The van der Waals surface area contributed by atoms with E-state index in [9.17, 15) is 5.11 Å². The van der Waals surface area contributed by atoms with Crippen LogP contribution in [0.25, 0.3) is 11.1 Å². The second-order valence-corrected chi connectivity index (χ2v) is 6.20. The molecular formula is C19H24N2O. The van der Waals surface area contributed by atoms with Gasteiger partial charge in [0, 0.05) is 24.5 Å². The zero-order valence-corrected chi connectivity index (χ0v) is 13.1. The number of aliphatic hydroxyl groups is 1. The molecule has 1 heterocycles. The van der Waals surface area contributed by atoms with Crippen molar-refractivity contribution < 1.29 is 5.11 Å². The summed E-state index contributed by atoms with van der Waals surface area (Å²) in [5.74, 6) is 0. The smallest absolute Gasteiger partial charge is 0.0693 e. The van der Waals surface area contributed by atoms with Gasteiger partial charge in [-0.3, -0.25) is 4.98 Å². The molecule has 0 spiro atoms. The highest BCUT2D eigenvalue weighted by molar-refractivity contribution is 5.62. The molecule has 2 N–H and O–H groups in total. The van der Waals surface area contributed by atoms with E-state index in [-0.39, 0.29) is 18.2 Å². The van der Waals surface area contributed by atoms with Gasteiger partial charge in [0.25, 0.3) is 0 Å². The Morgan fingerprint density at radius 2 is 1.64 bits per heavy atom. The SMILES string of the molecule is CC(NC1CCCCC1O)c1ccc(-c2ccncc2)cc1. The Balaban J connectivity index is 1.67. The molecule has 3 heteroatoms. The molecule has 3 unspecified atom stereocenters. The fraction of sp³-hybridized carbons (Fsp3) is 0.421. The standard InChI is InChI=1S/C19H24N2O/c1-14(21-18-4-2-3-5-19(18)22)15-6-8-16(9-7-15)17-10-12-20-13-11-17/h6-14,18-19,21-22H,2-5H2,1H3. The maximum absolute atomic E-state index is 10.1. The molecular weight excluding hydrogens is 272 g/mol. The van der Waals surface area contributed by atoms with E-state index in [1.54, 1.807) is 0 Å². The van der Waals surface area contributed by atoms with Crippen molar-refractivity contribution in [2.45, 2.75) is 50.8 Å². The van der Waals surface area contributed by atoms with Gasteiger partial charge in [-0.25, -0.2) is 0 Å². The molecule has 1 fully saturated rings. The predicted molar refractivity (Wildman–Crippen MR) is 89.5 cm³/mol. The van der Waals surface area contributed by atoms with Gasteiger partial charge in [-0.05, 0) is 48.6 Å². The molecule has 116 valence electrons. The first-order valence-corrected chi connectivity index (χ1v) is 8.18. The van der Waals surface area contributed by atoms with Gasteiger partial charge in [0.1, 0.15) is 0 Å². The van der Waals surface area contributed by atoms with E-state index >= 15 is 0 Å². The number of nitrogens with zero attached hydrogens (tertiary/aromatic N) is 1. The maximum Gasteiger partial charge on any atom is 0.0693 e. The van der Waals surface area contributed by atoms with Crippen LogP contribution in [0.15, 0.2) is 48.8 Å². The van der Waals surface area contributed by atoms with Gasteiger partial charge in [-0.1, -0.05) is 37.1 Å². The molecule has 3 nitrogen and oxygen atoms in total. The molecule has 1 aromatic heterocycles. The summed E-state index contributed by atoms with van der Waals surface area (Å²) in [6.07, 6.45) is 7.78. The third-order valence-corrected chi connectivity index (χ3v) is 4.62. The second-order valence-electron chi connectivity index (χ2n) is 6.20. The summed E-state index contributed by atoms with van der Waals surface area (Å²) in [6.45, 7) is 2.17. The van der Waals surface area contributed by atoms with Crippen molar-refractivity contribution in [1.29, 1.82) is 0 Å². The van der Waals surface area contributed by atoms with Crippen molar-refractivity contribution in [2.24, 2.45) is 0 Å². The van der Waals surface area contributed by atoms with E-state index < -0.39 is 0 Å². The lowest BCUT2D eigenvalue weighted by Crippen LogP contribution is -2.43. The third-order valence-electron chi connectivity index (χ3n) is 4.62. The number of hydrogen-bond donors (Lipinski definition) is 2. The molecule has 22 heavy (non-hydrogen) atoms. The Morgan fingerprint density at radius 3 is 2.32 bits per heavy atom. The van der Waals surface area contributed by atoms with Crippen molar-refractivity contribution in [2.75, 3.05) is 0 Å². The van der Waals surface area contributed by atoms with E-state index in [0.29, 0.717) is 0 Å². The van der Waals surface area contributed by atoms with Gasteiger partial charge in [-0.15, -0.1) is 0 Å². The lowest BCUT2D eigenvalue weighted by Gasteiger charge is -2.31. The molecule has 0 bridgehead atoms. The molecule has 0 amide bonds. The first-order chi connectivity index (χ1) is 10.7. The summed E-state index contributed by atoms with van der Waals surface area (Å²) in [6, 6.07) is 13.2. The maximum atomic E-state index is 10.1. The van der Waals surface area contributed by atoms with Crippen LogP contribution in [-0.2, 0) is 0 Å². The Kier molecular flexibility index (Phi) is 4.86. The van der Waals surface area contributed by atoms with Gasteiger partial charge in [0.2, 0.25) is 0 Å². The zero-order chi connectivity index (χ0) is 15.4. The topological polar surface area (TPSA) is 45.1 Å². The molecule has 1 aliphatic carbocycles. The van der Waals surface area contributed by atoms with Gasteiger partial charge >= 0.3 is 0 Å². The summed E-state index contributed by atoms with van der Waals surface area (Å²) >= 11 is 0. The summed E-state index contributed by atoms with van der Waals surface area (Å²) in [4.78, 5) is 4.06. The van der Waals surface area contributed by atoms with Gasteiger partial charge in [-0.2, -0.15) is 0 Å². The average Bonchev–Trinajstić information content (AvgIpc) is 2.58. The first kappa shape index (κ1) is 15.2. The van der Waals surface area contributed by atoms with Crippen molar-refractivity contribution in [3.8, 4) is 11.1 Å². The molecule has 3 atom stereocenters. The van der Waals surface area contributed by atoms with E-state index in [1.807, 2.05) is 24.5 Å². The number of benzene rings is 1. The highest BCUT2D eigenvalue weighted by Gasteiger charge is 2.24. The first-order valence-electron chi connectivity index (χ1n) is 8.18. The Hall–Kier alpha value is -1.71. The molecule has 0 saturated heterocycles. The molecule has 0 aliphatic heterocycles. The van der Waals surface area contributed by atoms with Gasteiger partial charge in [0.05, 0.1) is 6.10 Å². The normalized spacial score (nSPS) is 23.2. The van der Waals surface area contributed by atoms with E-state index in [0.717, 1.165) is 19.3 Å². The fourth-order valence-electron chi connectivity index (χ4n) is 3.23. The second kappa shape index (κ2) is 7.03. The van der Waals surface area contributed by atoms with Crippen molar-refractivity contribution >= 4 is 0 Å². The summed E-state index contributed by atoms with van der Waals surface area (Å²) in [7, 11) is 0. The number of nitrogens with one attached hydrogen (secondary N) is 1. The number of hydrogen-bond acceptors (Lipinski definition) is 3. The Morgan fingerprint density at radius 1 is 1.00 bits per heavy atom. The van der Waals surface area contributed by atoms with Crippen molar-refractivity contribution in [3.63, 3.8) is 0 Å². The van der Waals surface area contributed by atoms with Crippen LogP contribution in [-0.4, -0.2) is 22.2 Å². The van der Waals surface area contributed by atoms with E-state index in [1.165, 1.54) is 23.1 Å². The lowest BCUT2D eigenvalue weighted by atomic mass is 9.91. The van der Waals surface area contributed by atoms with Crippen LogP contribution in [0.5, 0.6) is 0 Å². The third kappa shape index (κ3) is 3.54. The number of pyridine rings is 1. The highest BCUT2D eigenvalue weighted by atomic mass is 16.3. The zero-order valence-electron chi connectivity index (χ0n) is 13.1. The van der Waals surface area contributed by atoms with Crippen LogP contribution in [0.3, 0.4) is 0 Å². The van der Waals surface area contributed by atoms with Crippen LogP contribution in [0.2, 0.25) is 0 Å². The van der Waals surface area contributed by atoms with E-state index in [2.05, 4.69) is 41.5 Å². The Bertz CT molecular complexity index is 582. The molecule has 1 aromatic carbocycles. The number of rotatable bonds is 4. The summed E-state index contributed by atoms with van der Waals surface area (Å²) in [5.41, 5.74) is 3.65. The van der Waals surface area contributed by atoms with Crippen LogP contribution in [0.1, 0.15) is 44.2 Å². The quantitative estimate of drug-likeness (QED) is 0.904. The van der Waals surface area contributed by atoms with Crippen molar-refractivity contribution in [3.05, 3.63) is 54.4 Å². The monoisotopic (exact) mass is 296 g/mol. The fourth-order valence-corrected chi connectivity index (χ4v) is 3.23. The van der Waals surface area contributed by atoms with Crippen LogP contribution in [0, 0.1) is 0 Å². The minimum atomic E-state index is -0.202. The molecule has 2 aromatic rings.